The highest BCUT2D eigenvalue weighted by Gasteiger charge is 1.92. The normalized spacial score (nSPS) is 26.1. The molecule has 0 atom stereocenters. The zero-order valence-corrected chi connectivity index (χ0v) is 4.54. The zero-order valence-electron chi connectivity index (χ0n) is 8.72. The van der Waals surface area contributed by atoms with Crippen LogP contribution in [0.5, 0.6) is 0 Å². The number of hydrogen-bond acceptors (Lipinski definition) is 2. The summed E-state index contributed by atoms with van der Waals surface area (Å²) in [5.74, 6) is 0. The average molecular weight is 128 g/mol. The molecule has 0 saturated heterocycles. The van der Waals surface area contributed by atoms with Crippen LogP contribution in [0.15, 0.2) is 0 Å². The van der Waals surface area contributed by atoms with Gasteiger partial charge in [0.2, 0.25) is 10.0 Å². The SMILES string of the molecule is [2H]C([2H])(C)NS(=O)(=O)C([2H])([2H])[2H]. The van der Waals surface area contributed by atoms with E-state index in [1.54, 1.807) is 0 Å². The van der Waals surface area contributed by atoms with Gasteiger partial charge in [0.1, 0.15) is 0 Å². The van der Waals surface area contributed by atoms with Crippen molar-refractivity contribution in [2.45, 2.75) is 6.92 Å². The summed E-state index contributed by atoms with van der Waals surface area (Å²) in [5, 5.41) is 0. The van der Waals surface area contributed by atoms with E-state index in [9.17, 15) is 8.42 Å². The minimum Gasteiger partial charge on any atom is -0.216 e. The van der Waals surface area contributed by atoms with Crippen molar-refractivity contribution in [3.8, 4) is 0 Å². The lowest BCUT2D eigenvalue weighted by atomic mass is 10.8. The maximum absolute atomic E-state index is 10.8. The van der Waals surface area contributed by atoms with Crippen LogP contribution in [0.3, 0.4) is 0 Å². The summed E-state index contributed by atoms with van der Waals surface area (Å²) in [6.07, 6.45) is -3.23. The van der Waals surface area contributed by atoms with Gasteiger partial charge in [0.25, 0.3) is 0 Å². The van der Waals surface area contributed by atoms with Crippen LogP contribution in [0.2, 0.25) is 0 Å². The Balaban J connectivity index is 4.70. The van der Waals surface area contributed by atoms with Gasteiger partial charge in [-0.05, 0) is 0 Å². The predicted molar refractivity (Wildman–Crippen MR) is 28.5 cm³/mol. The first kappa shape index (κ1) is 2.03. The Bertz CT molecular complexity index is 249. The molecule has 0 aliphatic heterocycles. The van der Waals surface area contributed by atoms with Gasteiger partial charge in [-0.25, -0.2) is 13.1 Å². The molecule has 0 saturated carbocycles. The first-order valence-corrected chi connectivity index (χ1v) is 2.97. The van der Waals surface area contributed by atoms with E-state index >= 15 is 0 Å². The first-order chi connectivity index (χ1) is 4.96. The zero-order chi connectivity index (χ0) is 10.2. The Kier molecular flexibility index (Phi) is 0.660. The molecule has 0 aliphatic carbocycles. The third-order valence-electron chi connectivity index (χ3n) is 0.236. The highest BCUT2D eigenvalue weighted by atomic mass is 32.2. The number of hydrogen-bond donors (Lipinski definition) is 1. The summed E-state index contributed by atoms with van der Waals surface area (Å²) in [6, 6.07) is 0. The van der Waals surface area contributed by atoms with Crippen LogP contribution < -0.4 is 4.72 Å². The van der Waals surface area contributed by atoms with Gasteiger partial charge in [0.15, 0.2) is 0 Å². The molecular formula is C3H9NO2S. The highest BCUT2D eigenvalue weighted by Crippen LogP contribution is 1.67. The van der Waals surface area contributed by atoms with Gasteiger partial charge < -0.3 is 0 Å². The third-order valence-corrected chi connectivity index (χ3v) is 0.709. The Hall–Kier alpha value is -0.0900. The minimum atomic E-state index is -4.58. The Morgan fingerprint density at radius 2 is 2.57 bits per heavy atom. The van der Waals surface area contributed by atoms with E-state index in [0.29, 0.717) is 0 Å². The molecule has 0 radical (unpaired) electrons. The first-order valence-electron chi connectivity index (χ1n) is 3.99. The maximum atomic E-state index is 10.8. The maximum Gasteiger partial charge on any atom is 0.208 e. The van der Waals surface area contributed by atoms with Gasteiger partial charge in [-0.1, -0.05) is 6.92 Å². The van der Waals surface area contributed by atoms with Gasteiger partial charge in [-0.15, -0.1) is 0 Å². The number of nitrogens with one attached hydrogen (secondary N) is 1. The van der Waals surface area contributed by atoms with E-state index < -0.39 is 22.7 Å². The summed E-state index contributed by atoms with van der Waals surface area (Å²) in [6.45, 7) is -1.34. The van der Waals surface area contributed by atoms with Crippen LogP contribution in [0.4, 0.5) is 0 Å². The molecule has 1 N–H and O–H groups in total. The fourth-order valence-electron chi connectivity index (χ4n) is 0.134. The van der Waals surface area contributed by atoms with E-state index in [0.717, 1.165) is 6.92 Å². The molecule has 0 aromatic rings. The monoisotopic (exact) mass is 128 g/mol. The molecule has 0 rings (SSSR count). The Morgan fingerprint density at radius 1 is 2.00 bits per heavy atom. The van der Waals surface area contributed by atoms with Crippen LogP contribution in [0.1, 0.15) is 13.8 Å². The lowest BCUT2D eigenvalue weighted by Gasteiger charge is -1.91. The topological polar surface area (TPSA) is 46.2 Å². The van der Waals surface area contributed by atoms with Crippen molar-refractivity contribution in [1.82, 2.24) is 4.72 Å². The van der Waals surface area contributed by atoms with Crippen LogP contribution in [-0.4, -0.2) is 21.1 Å². The fraction of sp³-hybridized carbons (Fsp3) is 1.00. The summed E-state index contributed by atoms with van der Waals surface area (Å²) >= 11 is 0. The molecule has 0 fully saturated rings. The highest BCUT2D eigenvalue weighted by molar-refractivity contribution is 7.88. The molecule has 4 heteroatoms. The third kappa shape index (κ3) is 5.91. The van der Waals surface area contributed by atoms with Gasteiger partial charge in [-0.3, -0.25) is 0 Å². The van der Waals surface area contributed by atoms with Crippen molar-refractivity contribution in [3.63, 3.8) is 0 Å². The second-order valence-electron chi connectivity index (χ2n) is 0.855. The molecule has 0 aromatic carbocycles. The molecule has 0 unspecified atom stereocenters. The van der Waals surface area contributed by atoms with Crippen molar-refractivity contribution in [3.05, 3.63) is 0 Å². The van der Waals surface area contributed by atoms with E-state index in [2.05, 4.69) is 0 Å². The molecule has 3 nitrogen and oxygen atoms in total. The number of rotatable bonds is 2. The van der Waals surface area contributed by atoms with E-state index in [1.807, 2.05) is 0 Å². The second kappa shape index (κ2) is 2.28. The van der Waals surface area contributed by atoms with Crippen molar-refractivity contribution in [1.29, 1.82) is 0 Å². The van der Waals surface area contributed by atoms with Gasteiger partial charge in [-0.2, -0.15) is 0 Å². The van der Waals surface area contributed by atoms with Crippen molar-refractivity contribution in [2.75, 3.05) is 12.7 Å². The Labute approximate surface area is 50.8 Å². The lowest BCUT2D eigenvalue weighted by Crippen LogP contribution is -2.20. The average Bonchev–Trinajstić information content (AvgIpc) is 1.52. The quantitative estimate of drug-likeness (QED) is 0.548. The van der Waals surface area contributed by atoms with Crippen LogP contribution in [-0.2, 0) is 10.0 Å². The molecule has 0 spiro atoms. The molecule has 0 aromatic heterocycles. The van der Waals surface area contributed by atoms with E-state index in [1.165, 1.54) is 4.72 Å². The predicted octanol–water partition coefficient (Wildman–Crippen LogP) is -0.445. The number of sulfonamides is 1. The smallest absolute Gasteiger partial charge is 0.208 e. The van der Waals surface area contributed by atoms with Crippen LogP contribution in [0.25, 0.3) is 0 Å². The fourth-order valence-corrected chi connectivity index (χ4v) is 0.403. The Morgan fingerprint density at radius 3 is 2.71 bits per heavy atom. The van der Waals surface area contributed by atoms with Gasteiger partial charge in [0, 0.05) is 13.4 Å². The standard InChI is InChI=1S/C3H9NO2S/c1-3-4-7(2,5)6/h4H,3H2,1-2H3/i2D3,3D2. The summed E-state index contributed by atoms with van der Waals surface area (Å²) in [7, 11) is -4.58. The van der Waals surface area contributed by atoms with Gasteiger partial charge >= 0.3 is 0 Å². The van der Waals surface area contributed by atoms with Crippen molar-refractivity contribution in [2.24, 2.45) is 0 Å². The molecule has 0 bridgehead atoms. The summed E-state index contributed by atoms with van der Waals surface area (Å²) in [4.78, 5) is 0. The molecule has 44 valence electrons. The minimum absolute atomic E-state index is 0.913. The van der Waals surface area contributed by atoms with Crippen LogP contribution in [0, 0.1) is 0 Å². The largest absolute Gasteiger partial charge is 0.216 e. The van der Waals surface area contributed by atoms with Crippen molar-refractivity contribution < 1.29 is 15.3 Å². The lowest BCUT2D eigenvalue weighted by molar-refractivity contribution is 0.590. The molecular weight excluding hydrogens is 114 g/mol. The van der Waals surface area contributed by atoms with E-state index in [-0.39, 0.29) is 0 Å². The summed E-state index contributed by atoms with van der Waals surface area (Å²) < 4.78 is 56.1. The molecule has 0 aliphatic rings. The van der Waals surface area contributed by atoms with Crippen molar-refractivity contribution >= 4 is 10.0 Å². The molecule has 0 amide bonds. The molecule has 7 heavy (non-hydrogen) atoms. The van der Waals surface area contributed by atoms with E-state index in [4.69, 9.17) is 6.85 Å². The summed E-state index contributed by atoms with van der Waals surface area (Å²) in [5.41, 5.74) is 0. The second-order valence-corrected chi connectivity index (χ2v) is 2.07. The molecule has 0 heterocycles. The van der Waals surface area contributed by atoms with Crippen LogP contribution >= 0.6 is 0 Å². The van der Waals surface area contributed by atoms with Gasteiger partial charge in [0.05, 0.1) is 6.18 Å².